The monoisotopic (exact) mass is 223 g/mol. The van der Waals surface area contributed by atoms with Crippen molar-refractivity contribution in [2.45, 2.75) is 26.9 Å². The van der Waals surface area contributed by atoms with Crippen molar-refractivity contribution >= 4 is 0 Å². The molecule has 0 bridgehead atoms. The lowest BCUT2D eigenvalue weighted by Crippen LogP contribution is -2.07. The molecule has 90 valence electrons. The number of nitrogens with zero attached hydrogens (tertiary/aromatic N) is 1. The van der Waals surface area contributed by atoms with Gasteiger partial charge in [0.25, 0.3) is 0 Å². The van der Waals surface area contributed by atoms with Gasteiger partial charge < -0.3 is 9.47 Å². The molecule has 1 heterocycles. The van der Waals surface area contributed by atoms with Gasteiger partial charge in [-0.05, 0) is 30.3 Å². The Morgan fingerprint density at radius 3 is 1.62 bits per heavy atom. The van der Waals surface area contributed by atoms with Crippen molar-refractivity contribution in [3.63, 3.8) is 0 Å². The van der Waals surface area contributed by atoms with E-state index in [0.29, 0.717) is 0 Å². The van der Waals surface area contributed by atoms with Crippen LogP contribution >= 0.6 is 0 Å². The van der Waals surface area contributed by atoms with Crippen molar-refractivity contribution in [3.8, 4) is 11.5 Å². The van der Waals surface area contributed by atoms with Crippen molar-refractivity contribution < 1.29 is 9.47 Å². The molecular weight excluding hydrogens is 202 g/mol. The van der Waals surface area contributed by atoms with Crippen LogP contribution in [0.4, 0.5) is 0 Å². The molecule has 1 aromatic carbocycles. The fourth-order valence-electron chi connectivity index (χ4n) is 1.90. The smallest absolute Gasteiger partial charge is 0.161 e. The summed E-state index contributed by atoms with van der Waals surface area (Å²) < 4.78 is 10.5. The van der Waals surface area contributed by atoms with E-state index in [2.05, 4.69) is 24.1 Å². The highest BCUT2D eigenvalue weighted by molar-refractivity contribution is 5.48. The fourth-order valence-corrected chi connectivity index (χ4v) is 1.90. The summed E-state index contributed by atoms with van der Waals surface area (Å²) in [6.07, 6.45) is 0. The van der Waals surface area contributed by atoms with Gasteiger partial charge in [0.05, 0.1) is 14.2 Å². The van der Waals surface area contributed by atoms with Gasteiger partial charge in [0, 0.05) is 13.1 Å². The van der Waals surface area contributed by atoms with E-state index >= 15 is 0 Å². The van der Waals surface area contributed by atoms with Gasteiger partial charge in [0.1, 0.15) is 0 Å². The van der Waals surface area contributed by atoms with Crippen molar-refractivity contribution in [2.24, 2.45) is 0 Å². The van der Waals surface area contributed by atoms with Crippen molar-refractivity contribution in [1.29, 1.82) is 0 Å². The van der Waals surface area contributed by atoms with Crippen LogP contribution in [-0.2, 0) is 13.1 Å². The van der Waals surface area contributed by atoms with Crippen molar-refractivity contribution in [3.05, 3.63) is 23.3 Å². The van der Waals surface area contributed by atoms with Crippen LogP contribution in [0, 0.1) is 0 Å². The number of hydrogen-bond acceptors (Lipinski definition) is 3. The molecule has 0 saturated carbocycles. The zero-order valence-corrected chi connectivity index (χ0v) is 10.8. The topological polar surface area (TPSA) is 21.7 Å². The number of fused-ring (bicyclic) bond motifs is 1. The minimum atomic E-state index is 0.821. The van der Waals surface area contributed by atoms with Gasteiger partial charge in [0.15, 0.2) is 11.5 Å². The van der Waals surface area contributed by atoms with Crippen LogP contribution in [-0.4, -0.2) is 26.2 Å². The molecule has 3 heteroatoms. The van der Waals surface area contributed by atoms with E-state index in [9.17, 15) is 0 Å². The fraction of sp³-hybridized carbons (Fsp3) is 0.538. The SMILES string of the molecule is CC.COc1cc2c(cc1OC)CN(C)C2. The minimum Gasteiger partial charge on any atom is -0.493 e. The van der Waals surface area contributed by atoms with Crippen LogP contribution in [0.2, 0.25) is 0 Å². The van der Waals surface area contributed by atoms with Gasteiger partial charge in [-0.15, -0.1) is 0 Å². The first-order chi connectivity index (χ1) is 7.74. The summed E-state index contributed by atoms with van der Waals surface area (Å²) in [6, 6.07) is 4.13. The lowest BCUT2D eigenvalue weighted by molar-refractivity contribution is 0.353. The van der Waals surface area contributed by atoms with Crippen molar-refractivity contribution in [2.75, 3.05) is 21.3 Å². The second-order valence-electron chi connectivity index (χ2n) is 3.65. The Morgan fingerprint density at radius 1 is 0.938 bits per heavy atom. The number of ether oxygens (including phenoxy) is 2. The van der Waals surface area contributed by atoms with E-state index in [1.54, 1.807) is 14.2 Å². The number of hydrogen-bond donors (Lipinski definition) is 0. The lowest BCUT2D eigenvalue weighted by atomic mass is 10.1. The minimum absolute atomic E-state index is 0.821. The predicted molar refractivity (Wildman–Crippen MR) is 66.1 cm³/mol. The molecule has 1 aliphatic heterocycles. The summed E-state index contributed by atoms with van der Waals surface area (Å²) in [7, 11) is 5.45. The summed E-state index contributed by atoms with van der Waals surface area (Å²) in [4.78, 5) is 2.27. The van der Waals surface area contributed by atoms with Gasteiger partial charge in [-0.25, -0.2) is 0 Å². The third kappa shape index (κ3) is 2.47. The zero-order valence-electron chi connectivity index (χ0n) is 10.8. The van der Waals surface area contributed by atoms with E-state index in [4.69, 9.17) is 9.47 Å². The van der Waals surface area contributed by atoms with E-state index in [1.165, 1.54) is 11.1 Å². The van der Waals surface area contributed by atoms with E-state index < -0.39 is 0 Å². The Labute approximate surface area is 98.0 Å². The van der Waals surface area contributed by atoms with E-state index in [1.807, 2.05) is 13.8 Å². The van der Waals surface area contributed by atoms with Gasteiger partial charge in [-0.1, -0.05) is 13.8 Å². The normalized spacial score (nSPS) is 13.8. The molecule has 0 saturated heterocycles. The first-order valence-corrected chi connectivity index (χ1v) is 5.67. The highest BCUT2D eigenvalue weighted by Crippen LogP contribution is 2.34. The van der Waals surface area contributed by atoms with E-state index in [0.717, 1.165) is 24.6 Å². The second kappa shape index (κ2) is 5.75. The number of benzene rings is 1. The van der Waals surface area contributed by atoms with Gasteiger partial charge >= 0.3 is 0 Å². The average molecular weight is 223 g/mol. The Morgan fingerprint density at radius 2 is 1.31 bits per heavy atom. The van der Waals surface area contributed by atoms with Gasteiger partial charge in [-0.3, -0.25) is 4.90 Å². The van der Waals surface area contributed by atoms with Crippen molar-refractivity contribution in [1.82, 2.24) is 4.90 Å². The molecule has 0 spiro atoms. The van der Waals surface area contributed by atoms with Crippen LogP contribution in [0.25, 0.3) is 0 Å². The van der Waals surface area contributed by atoms with Crippen LogP contribution in [0.1, 0.15) is 25.0 Å². The molecule has 0 atom stereocenters. The van der Waals surface area contributed by atoms with Crippen LogP contribution in [0.15, 0.2) is 12.1 Å². The van der Waals surface area contributed by atoms with Crippen LogP contribution in [0.3, 0.4) is 0 Å². The Balaban J connectivity index is 0.000000606. The lowest BCUT2D eigenvalue weighted by Gasteiger charge is -2.09. The highest BCUT2D eigenvalue weighted by Gasteiger charge is 2.18. The molecule has 0 fully saturated rings. The highest BCUT2D eigenvalue weighted by atomic mass is 16.5. The second-order valence-corrected chi connectivity index (χ2v) is 3.65. The molecule has 0 radical (unpaired) electrons. The summed E-state index contributed by atoms with van der Waals surface area (Å²) in [5.74, 6) is 1.64. The summed E-state index contributed by atoms with van der Waals surface area (Å²) >= 11 is 0. The summed E-state index contributed by atoms with van der Waals surface area (Å²) in [5.41, 5.74) is 2.68. The molecule has 0 aliphatic carbocycles. The Kier molecular flexibility index (Phi) is 4.62. The third-order valence-electron chi connectivity index (χ3n) is 2.59. The molecule has 3 nitrogen and oxygen atoms in total. The maximum atomic E-state index is 5.25. The molecule has 1 aliphatic rings. The Bertz CT molecular complexity index is 317. The average Bonchev–Trinajstić information content (AvgIpc) is 2.68. The molecule has 0 amide bonds. The molecule has 0 aromatic heterocycles. The zero-order chi connectivity index (χ0) is 12.1. The predicted octanol–water partition coefficient (Wildman–Crippen LogP) is 2.68. The molecule has 2 rings (SSSR count). The molecule has 0 N–H and O–H groups in total. The van der Waals surface area contributed by atoms with E-state index in [-0.39, 0.29) is 0 Å². The third-order valence-corrected chi connectivity index (χ3v) is 2.59. The molecule has 0 unspecified atom stereocenters. The molecular formula is C13H21NO2. The van der Waals surface area contributed by atoms with Gasteiger partial charge in [0.2, 0.25) is 0 Å². The molecule has 1 aromatic rings. The first-order valence-electron chi connectivity index (χ1n) is 5.67. The Hall–Kier alpha value is -1.22. The standard InChI is InChI=1S/C11H15NO2.C2H6/c1-12-6-8-4-10(13-2)11(14-3)5-9(8)7-12;1-2/h4-5H,6-7H2,1-3H3;1-2H3. The maximum Gasteiger partial charge on any atom is 0.161 e. The first kappa shape index (κ1) is 12.8. The maximum absolute atomic E-state index is 5.25. The summed E-state index contributed by atoms with van der Waals surface area (Å²) in [5, 5.41) is 0. The van der Waals surface area contributed by atoms with Crippen LogP contribution in [0.5, 0.6) is 11.5 Å². The number of rotatable bonds is 2. The van der Waals surface area contributed by atoms with Gasteiger partial charge in [-0.2, -0.15) is 0 Å². The number of methoxy groups -OCH3 is 2. The molecule has 16 heavy (non-hydrogen) atoms. The quantitative estimate of drug-likeness (QED) is 0.769. The largest absolute Gasteiger partial charge is 0.493 e. The van der Waals surface area contributed by atoms with Crippen LogP contribution < -0.4 is 9.47 Å². The summed E-state index contributed by atoms with van der Waals surface area (Å²) in [6.45, 7) is 5.99.